The third kappa shape index (κ3) is 7.67. The summed E-state index contributed by atoms with van der Waals surface area (Å²) in [4.78, 5) is 44.3. The summed E-state index contributed by atoms with van der Waals surface area (Å²) in [5, 5.41) is 5.43. The first-order chi connectivity index (χ1) is 21.9. The van der Waals surface area contributed by atoms with E-state index in [9.17, 15) is 23.2 Å². The Labute approximate surface area is 267 Å². The molecule has 0 saturated carbocycles. The molecule has 0 spiro atoms. The van der Waals surface area contributed by atoms with Crippen molar-refractivity contribution < 1.29 is 32.6 Å². The number of anilines is 3. The number of alkyl halides is 2. The number of hydrogen-bond acceptors (Lipinski definition) is 7. The fourth-order valence-corrected chi connectivity index (χ4v) is 5.20. The van der Waals surface area contributed by atoms with Crippen molar-refractivity contribution in [1.82, 2.24) is 9.55 Å². The molecule has 5 rings (SSSR count). The Morgan fingerprint density at radius 3 is 2.41 bits per heavy atom. The van der Waals surface area contributed by atoms with Crippen molar-refractivity contribution in [2.45, 2.75) is 39.4 Å². The third-order valence-corrected chi connectivity index (χ3v) is 7.64. The van der Waals surface area contributed by atoms with Crippen molar-refractivity contribution >= 4 is 57.8 Å². The lowest BCUT2D eigenvalue weighted by atomic mass is 10.2. The highest BCUT2D eigenvalue weighted by Gasteiger charge is 2.22. The van der Waals surface area contributed by atoms with Crippen LogP contribution in [0.15, 0.2) is 84.9 Å². The molecule has 0 aliphatic rings. The highest BCUT2D eigenvalue weighted by molar-refractivity contribution is 7.14. The van der Waals surface area contributed by atoms with Crippen LogP contribution in [0, 0.1) is 0 Å². The summed E-state index contributed by atoms with van der Waals surface area (Å²) in [6.07, 6.45) is -3.93. The van der Waals surface area contributed by atoms with E-state index in [1.54, 1.807) is 74.9 Å². The standard InChI is InChI=1S/C33H31F2N5O5S/c1-33(2,3)45-31(42)36-21-11-8-12-23(17-21)40-25-14-13-22(39(4)32(43)44-19-20-9-6-5-7-10-20)18-24(25)37-30(40)38-29(41)27-16-15-26(46-27)28(34)35/h5-18,28H,19H2,1-4H3,(H,36,42)(H,37,38,41). The summed E-state index contributed by atoms with van der Waals surface area (Å²) >= 11 is 0.685. The predicted molar refractivity (Wildman–Crippen MR) is 173 cm³/mol. The molecule has 10 nitrogen and oxygen atoms in total. The number of amides is 3. The van der Waals surface area contributed by atoms with Gasteiger partial charge in [0.25, 0.3) is 12.3 Å². The Bertz CT molecular complexity index is 1880. The van der Waals surface area contributed by atoms with Crippen molar-refractivity contribution in [3.63, 3.8) is 0 Å². The van der Waals surface area contributed by atoms with Crippen LogP contribution >= 0.6 is 11.3 Å². The first-order valence-electron chi connectivity index (χ1n) is 14.1. The van der Waals surface area contributed by atoms with Crippen LogP contribution in [0.3, 0.4) is 0 Å². The van der Waals surface area contributed by atoms with Gasteiger partial charge in [0.05, 0.1) is 26.5 Å². The maximum Gasteiger partial charge on any atom is 0.414 e. The van der Waals surface area contributed by atoms with Gasteiger partial charge in [0.15, 0.2) is 0 Å². The first-order valence-corrected chi connectivity index (χ1v) is 15.0. The van der Waals surface area contributed by atoms with E-state index >= 15 is 0 Å². The van der Waals surface area contributed by atoms with E-state index in [1.807, 2.05) is 30.3 Å². The molecule has 2 heterocycles. The van der Waals surface area contributed by atoms with Crippen LogP contribution < -0.4 is 15.5 Å². The van der Waals surface area contributed by atoms with Gasteiger partial charge in [-0.15, -0.1) is 11.3 Å². The number of imidazole rings is 1. The van der Waals surface area contributed by atoms with Gasteiger partial charge in [-0.1, -0.05) is 36.4 Å². The van der Waals surface area contributed by atoms with Gasteiger partial charge in [-0.2, -0.15) is 0 Å². The van der Waals surface area contributed by atoms with Crippen molar-refractivity contribution in [1.29, 1.82) is 0 Å². The minimum Gasteiger partial charge on any atom is -0.444 e. The van der Waals surface area contributed by atoms with Gasteiger partial charge in [0.1, 0.15) is 12.2 Å². The second-order valence-electron chi connectivity index (χ2n) is 11.2. The maximum atomic E-state index is 13.2. The second-order valence-corrected chi connectivity index (χ2v) is 12.3. The van der Waals surface area contributed by atoms with E-state index in [0.717, 1.165) is 5.56 Å². The molecule has 3 aromatic carbocycles. The van der Waals surface area contributed by atoms with E-state index in [2.05, 4.69) is 15.6 Å². The van der Waals surface area contributed by atoms with Crippen LogP contribution in [-0.2, 0) is 16.1 Å². The van der Waals surface area contributed by atoms with Gasteiger partial charge < -0.3 is 9.47 Å². The lowest BCUT2D eigenvalue weighted by molar-refractivity contribution is 0.0635. The second kappa shape index (κ2) is 13.4. The molecule has 0 aliphatic heterocycles. The van der Waals surface area contributed by atoms with E-state index in [1.165, 1.54) is 17.0 Å². The van der Waals surface area contributed by atoms with Gasteiger partial charge in [-0.25, -0.2) is 23.4 Å². The number of benzene rings is 3. The number of carbonyl (C=O) groups is 3. The highest BCUT2D eigenvalue weighted by Crippen LogP contribution is 2.31. The van der Waals surface area contributed by atoms with Gasteiger partial charge in [0, 0.05) is 18.4 Å². The minimum absolute atomic E-state index is 0.0795. The zero-order chi connectivity index (χ0) is 33.0. The summed E-state index contributed by atoms with van der Waals surface area (Å²) in [6, 6.07) is 23.7. The summed E-state index contributed by atoms with van der Waals surface area (Å²) in [6.45, 7) is 5.35. The predicted octanol–water partition coefficient (Wildman–Crippen LogP) is 8.40. The van der Waals surface area contributed by atoms with Crippen molar-refractivity contribution in [2.24, 2.45) is 0 Å². The summed E-state index contributed by atoms with van der Waals surface area (Å²) < 4.78 is 38.9. The molecule has 3 amide bonds. The molecular weight excluding hydrogens is 616 g/mol. The zero-order valence-corrected chi connectivity index (χ0v) is 26.2. The molecule has 46 heavy (non-hydrogen) atoms. The van der Waals surface area contributed by atoms with Crippen LogP contribution in [0.1, 0.15) is 47.3 Å². The molecule has 0 unspecified atom stereocenters. The minimum atomic E-state index is -2.70. The Kier molecular flexibility index (Phi) is 9.33. The fraction of sp³-hybridized carbons (Fsp3) is 0.212. The molecule has 2 N–H and O–H groups in total. The van der Waals surface area contributed by atoms with Crippen molar-refractivity contribution in [2.75, 3.05) is 22.6 Å². The lowest BCUT2D eigenvalue weighted by Gasteiger charge is -2.20. The number of rotatable bonds is 8. The zero-order valence-electron chi connectivity index (χ0n) is 25.4. The largest absolute Gasteiger partial charge is 0.444 e. The van der Waals surface area contributed by atoms with Crippen LogP contribution in [0.25, 0.3) is 16.7 Å². The molecule has 0 bridgehead atoms. The monoisotopic (exact) mass is 647 g/mol. The number of halogens is 2. The number of ether oxygens (including phenoxy) is 2. The fourth-order valence-electron chi connectivity index (χ4n) is 4.44. The SMILES string of the molecule is CN(C(=O)OCc1ccccc1)c1ccc2c(c1)nc(NC(=O)c1ccc(C(F)F)s1)n2-c1cccc(NC(=O)OC(C)(C)C)c1. The first kappa shape index (κ1) is 32.1. The average Bonchev–Trinajstić information content (AvgIpc) is 3.64. The van der Waals surface area contributed by atoms with Crippen LogP contribution in [-0.4, -0.2) is 40.3 Å². The molecular formula is C33H31F2N5O5S. The summed E-state index contributed by atoms with van der Waals surface area (Å²) in [5.74, 6) is -0.536. The lowest BCUT2D eigenvalue weighted by Crippen LogP contribution is -2.27. The molecule has 2 aromatic heterocycles. The molecule has 13 heteroatoms. The normalized spacial score (nSPS) is 11.4. The number of fused-ring (bicyclic) bond motifs is 1. The van der Waals surface area contributed by atoms with Gasteiger partial charge in [-0.05, 0) is 74.9 Å². The highest BCUT2D eigenvalue weighted by atomic mass is 32.1. The Balaban J connectivity index is 1.48. The number of nitrogens with one attached hydrogen (secondary N) is 2. The van der Waals surface area contributed by atoms with Crippen LogP contribution in [0.4, 0.5) is 35.7 Å². The van der Waals surface area contributed by atoms with E-state index in [-0.39, 0.29) is 22.3 Å². The Morgan fingerprint density at radius 2 is 1.72 bits per heavy atom. The Morgan fingerprint density at radius 1 is 0.957 bits per heavy atom. The van der Waals surface area contributed by atoms with E-state index in [0.29, 0.717) is 39.4 Å². The third-order valence-electron chi connectivity index (χ3n) is 6.54. The molecule has 0 radical (unpaired) electrons. The molecule has 0 atom stereocenters. The molecule has 0 fully saturated rings. The maximum absolute atomic E-state index is 13.2. The van der Waals surface area contributed by atoms with E-state index in [4.69, 9.17) is 9.47 Å². The van der Waals surface area contributed by atoms with Gasteiger partial charge in [0.2, 0.25) is 5.95 Å². The molecule has 0 saturated heterocycles. The number of hydrogen-bond donors (Lipinski definition) is 2. The van der Waals surface area contributed by atoms with Crippen molar-refractivity contribution in [3.8, 4) is 5.69 Å². The van der Waals surface area contributed by atoms with Gasteiger partial charge in [-0.3, -0.25) is 24.9 Å². The number of carbonyl (C=O) groups excluding carboxylic acids is 3. The van der Waals surface area contributed by atoms with Gasteiger partial charge >= 0.3 is 12.2 Å². The topological polar surface area (TPSA) is 115 Å². The molecule has 238 valence electrons. The average molecular weight is 648 g/mol. The smallest absolute Gasteiger partial charge is 0.414 e. The van der Waals surface area contributed by atoms with Crippen molar-refractivity contribution in [3.05, 3.63) is 100 Å². The Hall–Kier alpha value is -5.30. The number of aromatic nitrogens is 2. The summed E-state index contributed by atoms with van der Waals surface area (Å²) in [5.41, 5.74) is 2.53. The quantitative estimate of drug-likeness (QED) is 0.175. The molecule has 5 aromatic rings. The number of nitrogens with zero attached hydrogens (tertiary/aromatic N) is 3. The molecule has 0 aliphatic carbocycles. The summed E-state index contributed by atoms with van der Waals surface area (Å²) in [7, 11) is 1.57. The number of thiophene rings is 1. The van der Waals surface area contributed by atoms with E-state index < -0.39 is 30.1 Å². The van der Waals surface area contributed by atoms with Crippen LogP contribution in [0.2, 0.25) is 0 Å². The van der Waals surface area contributed by atoms with Crippen LogP contribution in [0.5, 0.6) is 0 Å².